The Morgan fingerprint density at radius 1 is 1.04 bits per heavy atom. The largest absolute Gasteiger partial charge is 0.354 e. The Labute approximate surface area is 139 Å². The van der Waals surface area contributed by atoms with Gasteiger partial charge in [-0.2, -0.15) is 4.98 Å². The maximum Gasteiger partial charge on any atom is 0.225 e. The van der Waals surface area contributed by atoms with Crippen LogP contribution in [-0.4, -0.2) is 21.5 Å². The van der Waals surface area contributed by atoms with Crippen molar-refractivity contribution >= 4 is 29.1 Å². The van der Waals surface area contributed by atoms with Gasteiger partial charge in [-0.1, -0.05) is 23.7 Å². The second-order valence-electron chi connectivity index (χ2n) is 4.83. The van der Waals surface area contributed by atoms with Gasteiger partial charge in [-0.15, -0.1) is 0 Å². The topological polar surface area (TPSA) is 62.7 Å². The molecule has 0 unspecified atom stereocenters. The third-order valence-corrected chi connectivity index (χ3v) is 3.50. The van der Waals surface area contributed by atoms with Crippen molar-refractivity contribution < 1.29 is 0 Å². The Morgan fingerprint density at radius 2 is 1.83 bits per heavy atom. The number of anilines is 3. The maximum absolute atomic E-state index is 6.20. The molecule has 0 spiro atoms. The van der Waals surface area contributed by atoms with Crippen LogP contribution in [0.2, 0.25) is 5.02 Å². The Bertz CT molecular complexity index is 792. The fourth-order valence-corrected chi connectivity index (χ4v) is 2.30. The summed E-state index contributed by atoms with van der Waals surface area (Å²) in [6.07, 6.45) is 3.48. The first-order valence-corrected chi connectivity index (χ1v) is 7.69. The lowest BCUT2D eigenvalue weighted by Gasteiger charge is -2.11. The maximum atomic E-state index is 6.20. The van der Waals surface area contributed by atoms with E-state index in [1.807, 2.05) is 49.4 Å². The van der Waals surface area contributed by atoms with Gasteiger partial charge in [-0.25, -0.2) is 4.98 Å². The number of hydrogen-bond donors (Lipinski definition) is 2. The second-order valence-corrected chi connectivity index (χ2v) is 5.24. The van der Waals surface area contributed by atoms with Crippen LogP contribution in [0.1, 0.15) is 6.92 Å². The van der Waals surface area contributed by atoms with E-state index in [1.165, 1.54) is 0 Å². The second kappa shape index (κ2) is 7.07. The minimum Gasteiger partial charge on any atom is -0.354 e. The Morgan fingerprint density at radius 3 is 2.57 bits per heavy atom. The summed E-state index contributed by atoms with van der Waals surface area (Å²) in [4.78, 5) is 13.1. The van der Waals surface area contributed by atoms with Gasteiger partial charge in [0.1, 0.15) is 5.82 Å². The molecular weight excluding hydrogens is 310 g/mol. The molecule has 3 rings (SSSR count). The Balaban J connectivity index is 1.99. The molecule has 116 valence electrons. The average molecular weight is 326 g/mol. The van der Waals surface area contributed by atoms with Gasteiger partial charge >= 0.3 is 0 Å². The lowest BCUT2D eigenvalue weighted by Crippen LogP contribution is -2.05. The molecule has 0 saturated carbocycles. The zero-order valence-corrected chi connectivity index (χ0v) is 13.4. The van der Waals surface area contributed by atoms with Crippen molar-refractivity contribution in [2.75, 3.05) is 17.2 Å². The number of nitrogens with zero attached hydrogens (tertiary/aromatic N) is 3. The molecule has 5 nitrogen and oxygen atoms in total. The molecule has 2 aromatic heterocycles. The fraction of sp³-hybridized carbons (Fsp3) is 0.118. The number of hydrogen-bond acceptors (Lipinski definition) is 5. The molecule has 0 atom stereocenters. The average Bonchev–Trinajstić information content (AvgIpc) is 2.58. The van der Waals surface area contributed by atoms with Crippen LogP contribution in [0.5, 0.6) is 0 Å². The molecular formula is C17H16ClN5. The number of halogens is 1. The summed E-state index contributed by atoms with van der Waals surface area (Å²) >= 11 is 6.20. The summed E-state index contributed by atoms with van der Waals surface area (Å²) in [6, 6.07) is 13.3. The predicted molar refractivity (Wildman–Crippen MR) is 94.2 cm³/mol. The van der Waals surface area contributed by atoms with E-state index < -0.39 is 0 Å². The van der Waals surface area contributed by atoms with Gasteiger partial charge in [0.2, 0.25) is 5.95 Å². The van der Waals surface area contributed by atoms with Crippen molar-refractivity contribution in [3.63, 3.8) is 0 Å². The molecule has 0 bridgehead atoms. The summed E-state index contributed by atoms with van der Waals surface area (Å²) in [5.74, 6) is 1.24. The van der Waals surface area contributed by atoms with Crippen molar-refractivity contribution in [3.8, 4) is 11.3 Å². The van der Waals surface area contributed by atoms with E-state index in [1.54, 1.807) is 12.4 Å². The molecule has 0 radical (unpaired) electrons. The van der Waals surface area contributed by atoms with Gasteiger partial charge in [0.25, 0.3) is 0 Å². The molecule has 0 saturated heterocycles. The highest BCUT2D eigenvalue weighted by Crippen LogP contribution is 2.27. The van der Waals surface area contributed by atoms with Crippen molar-refractivity contribution in [3.05, 3.63) is 59.9 Å². The first kappa shape index (κ1) is 15.2. The van der Waals surface area contributed by atoms with Crippen LogP contribution < -0.4 is 10.6 Å². The van der Waals surface area contributed by atoms with E-state index >= 15 is 0 Å². The van der Waals surface area contributed by atoms with Crippen molar-refractivity contribution in [1.29, 1.82) is 0 Å². The number of benzene rings is 1. The first-order valence-electron chi connectivity index (χ1n) is 7.31. The van der Waals surface area contributed by atoms with E-state index in [-0.39, 0.29) is 0 Å². The molecule has 0 aliphatic carbocycles. The van der Waals surface area contributed by atoms with Crippen LogP contribution in [-0.2, 0) is 0 Å². The standard InChI is InChI=1S/C17H16ClN5/c1-2-20-17-22-15(12-7-9-19-10-8-12)11-16(23-17)21-14-6-4-3-5-13(14)18/h3-11H,2H2,1H3,(H2,20,21,22,23). The molecule has 0 aliphatic rings. The highest BCUT2D eigenvalue weighted by molar-refractivity contribution is 6.33. The normalized spacial score (nSPS) is 10.3. The molecule has 1 aromatic carbocycles. The zero-order chi connectivity index (χ0) is 16.1. The zero-order valence-electron chi connectivity index (χ0n) is 12.6. The summed E-state index contributed by atoms with van der Waals surface area (Å²) < 4.78 is 0. The third kappa shape index (κ3) is 3.76. The van der Waals surface area contributed by atoms with Crippen LogP contribution in [0.4, 0.5) is 17.5 Å². The molecule has 23 heavy (non-hydrogen) atoms. The summed E-state index contributed by atoms with van der Waals surface area (Å²) in [5.41, 5.74) is 2.59. The highest BCUT2D eigenvalue weighted by Gasteiger charge is 2.08. The lowest BCUT2D eigenvalue weighted by atomic mass is 10.2. The highest BCUT2D eigenvalue weighted by atomic mass is 35.5. The number of aromatic nitrogens is 3. The Kier molecular flexibility index (Phi) is 4.68. The van der Waals surface area contributed by atoms with E-state index in [0.717, 1.165) is 23.5 Å². The van der Waals surface area contributed by atoms with Crippen LogP contribution in [0.25, 0.3) is 11.3 Å². The summed E-state index contributed by atoms with van der Waals surface area (Å²) in [6.45, 7) is 2.75. The quantitative estimate of drug-likeness (QED) is 0.729. The monoisotopic (exact) mass is 325 g/mol. The lowest BCUT2D eigenvalue weighted by molar-refractivity contribution is 1.09. The number of pyridine rings is 1. The van der Waals surface area contributed by atoms with Crippen molar-refractivity contribution in [1.82, 2.24) is 15.0 Å². The predicted octanol–water partition coefficient (Wildman–Crippen LogP) is 4.37. The van der Waals surface area contributed by atoms with E-state index in [9.17, 15) is 0 Å². The molecule has 0 amide bonds. The molecule has 0 aliphatic heterocycles. The van der Waals surface area contributed by atoms with Crippen molar-refractivity contribution in [2.45, 2.75) is 6.92 Å². The molecule has 0 fully saturated rings. The van der Waals surface area contributed by atoms with Crippen LogP contribution >= 0.6 is 11.6 Å². The van der Waals surface area contributed by atoms with Crippen LogP contribution in [0.3, 0.4) is 0 Å². The Hall–Kier alpha value is -2.66. The SMILES string of the molecule is CCNc1nc(Nc2ccccc2Cl)cc(-c2ccncc2)n1. The van der Waals surface area contributed by atoms with Gasteiger partial charge in [-0.05, 0) is 31.2 Å². The summed E-state index contributed by atoms with van der Waals surface area (Å²) in [7, 11) is 0. The smallest absolute Gasteiger partial charge is 0.225 e. The van der Waals surface area contributed by atoms with Crippen LogP contribution in [0, 0.1) is 0 Å². The van der Waals surface area contributed by atoms with E-state index in [4.69, 9.17) is 11.6 Å². The number of nitrogens with one attached hydrogen (secondary N) is 2. The number of para-hydroxylation sites is 1. The minimum atomic E-state index is 0.566. The minimum absolute atomic E-state index is 0.566. The van der Waals surface area contributed by atoms with Gasteiger partial charge in [-0.3, -0.25) is 4.98 Å². The van der Waals surface area contributed by atoms with E-state index in [2.05, 4.69) is 25.6 Å². The molecule has 2 N–H and O–H groups in total. The van der Waals surface area contributed by atoms with Crippen LogP contribution in [0.15, 0.2) is 54.9 Å². The molecule has 3 aromatic rings. The summed E-state index contributed by atoms with van der Waals surface area (Å²) in [5, 5.41) is 7.03. The van der Waals surface area contributed by atoms with Crippen molar-refractivity contribution in [2.24, 2.45) is 0 Å². The van der Waals surface area contributed by atoms with Gasteiger partial charge < -0.3 is 10.6 Å². The van der Waals surface area contributed by atoms with Gasteiger partial charge in [0.05, 0.1) is 16.4 Å². The molecule has 6 heteroatoms. The first-order chi connectivity index (χ1) is 11.3. The van der Waals surface area contributed by atoms with E-state index in [0.29, 0.717) is 16.8 Å². The fourth-order valence-electron chi connectivity index (χ4n) is 2.12. The number of rotatable bonds is 5. The molecule has 2 heterocycles. The van der Waals surface area contributed by atoms with Gasteiger partial charge in [0, 0.05) is 30.6 Å². The van der Waals surface area contributed by atoms with Gasteiger partial charge in [0.15, 0.2) is 0 Å². The third-order valence-electron chi connectivity index (χ3n) is 3.17.